The molecule has 2 aliphatic heterocycles. The van der Waals surface area contributed by atoms with E-state index in [-0.39, 0.29) is 23.0 Å². The van der Waals surface area contributed by atoms with Gasteiger partial charge in [-0.3, -0.25) is 0 Å². The van der Waals surface area contributed by atoms with Crippen LogP contribution in [0.2, 0.25) is 0 Å². The molecule has 9 N–H and O–H groups in total. The fraction of sp³-hybridized carbons (Fsp3) is 0.571. The molecule has 4 rings (SSSR count). The van der Waals surface area contributed by atoms with Gasteiger partial charge in [0.2, 0.25) is 0 Å². The molecule has 2 unspecified atom stereocenters. The summed E-state index contributed by atoms with van der Waals surface area (Å²) in [5, 5.41) is 92.2. The molecule has 2 aliphatic rings. The number of methoxy groups -OCH3 is 2. The minimum Gasteiger partial charge on any atom is -0.504 e. The van der Waals surface area contributed by atoms with Gasteiger partial charge in [-0.05, 0) is 35.4 Å². The monoisotopic (exact) mass is 614 g/mol. The van der Waals surface area contributed by atoms with E-state index >= 15 is 0 Å². The molecule has 0 aromatic heterocycles. The second-order valence-electron chi connectivity index (χ2n) is 10.3. The van der Waals surface area contributed by atoms with Crippen LogP contribution in [0.25, 0.3) is 0 Å². The summed E-state index contributed by atoms with van der Waals surface area (Å²) in [6, 6.07) is 8.65. The third-order valence-electron chi connectivity index (χ3n) is 7.60. The molecule has 0 spiro atoms. The highest BCUT2D eigenvalue weighted by Gasteiger charge is 2.48. The summed E-state index contributed by atoms with van der Waals surface area (Å²) in [6.07, 6.45) is -14.7. The van der Waals surface area contributed by atoms with Gasteiger partial charge in [-0.15, -0.1) is 0 Å². The molecular weight excluding hydrogens is 576 g/mol. The summed E-state index contributed by atoms with van der Waals surface area (Å²) >= 11 is 0. The zero-order valence-electron chi connectivity index (χ0n) is 23.4. The average molecular weight is 615 g/mol. The number of hydrogen-bond acceptors (Lipinski definition) is 15. The lowest BCUT2D eigenvalue weighted by Gasteiger charge is -2.42. The molecule has 2 aromatic rings. The first-order chi connectivity index (χ1) is 20.5. The first-order valence-corrected chi connectivity index (χ1v) is 13.5. The van der Waals surface area contributed by atoms with Gasteiger partial charge in [0.1, 0.15) is 42.7 Å². The number of phenols is 2. The molecule has 11 atom stereocenters. The molecule has 2 fully saturated rings. The van der Waals surface area contributed by atoms with Crippen molar-refractivity contribution in [3.63, 3.8) is 0 Å². The van der Waals surface area contributed by atoms with Crippen molar-refractivity contribution in [3.05, 3.63) is 47.5 Å². The Morgan fingerprint density at radius 1 is 0.698 bits per heavy atom. The van der Waals surface area contributed by atoms with Crippen molar-refractivity contribution in [1.82, 2.24) is 0 Å². The van der Waals surface area contributed by atoms with Crippen LogP contribution >= 0.6 is 0 Å². The summed E-state index contributed by atoms with van der Waals surface area (Å²) in [4.78, 5) is 0. The van der Waals surface area contributed by atoms with Crippen molar-refractivity contribution < 1.29 is 74.4 Å². The van der Waals surface area contributed by atoms with Crippen molar-refractivity contribution in [3.8, 4) is 23.0 Å². The average Bonchev–Trinajstić information content (AvgIpc) is 3.29. The van der Waals surface area contributed by atoms with Gasteiger partial charge in [0.15, 0.2) is 35.6 Å². The third kappa shape index (κ3) is 6.97. The van der Waals surface area contributed by atoms with E-state index < -0.39 is 87.2 Å². The van der Waals surface area contributed by atoms with Gasteiger partial charge < -0.3 is 74.4 Å². The number of rotatable bonds is 12. The molecule has 15 nitrogen and oxygen atoms in total. The molecule has 0 saturated carbocycles. The number of benzene rings is 2. The quantitative estimate of drug-likeness (QED) is 0.128. The predicted molar refractivity (Wildman–Crippen MR) is 143 cm³/mol. The first-order valence-electron chi connectivity index (χ1n) is 13.5. The van der Waals surface area contributed by atoms with Crippen molar-refractivity contribution in [2.24, 2.45) is 0 Å². The van der Waals surface area contributed by atoms with Gasteiger partial charge in [0.25, 0.3) is 0 Å². The van der Waals surface area contributed by atoms with Gasteiger partial charge in [-0.2, -0.15) is 0 Å². The molecule has 2 aromatic carbocycles. The molecule has 0 amide bonds. The Balaban J connectivity index is 1.62. The molecule has 2 saturated heterocycles. The Kier molecular flexibility index (Phi) is 11.0. The van der Waals surface area contributed by atoms with Gasteiger partial charge >= 0.3 is 0 Å². The lowest BCUT2D eigenvalue weighted by atomic mass is 9.88. The fourth-order valence-electron chi connectivity index (χ4n) is 5.08. The zero-order valence-corrected chi connectivity index (χ0v) is 23.4. The van der Waals surface area contributed by atoms with Crippen LogP contribution in [-0.2, 0) is 18.9 Å². The normalized spacial score (nSPS) is 32.3. The summed E-state index contributed by atoms with van der Waals surface area (Å²) < 4.78 is 33.1. The van der Waals surface area contributed by atoms with Crippen LogP contribution in [0, 0.1) is 0 Å². The van der Waals surface area contributed by atoms with Gasteiger partial charge in [0, 0.05) is 5.92 Å². The maximum Gasteiger partial charge on any atom is 0.187 e. The van der Waals surface area contributed by atoms with Crippen LogP contribution in [0.5, 0.6) is 23.0 Å². The molecular formula is C28H38O15. The zero-order chi connectivity index (χ0) is 31.4. The molecule has 43 heavy (non-hydrogen) atoms. The van der Waals surface area contributed by atoms with E-state index in [0.717, 1.165) is 0 Å². The highest BCUT2D eigenvalue weighted by atomic mass is 16.7. The second kappa shape index (κ2) is 14.3. The first kappa shape index (κ1) is 33.1. The summed E-state index contributed by atoms with van der Waals surface area (Å²) in [5.74, 6) is -1.01. The minimum absolute atomic E-state index is 0.0800. The smallest absolute Gasteiger partial charge is 0.187 e. The summed E-state index contributed by atoms with van der Waals surface area (Å²) in [7, 11) is 2.69. The van der Waals surface area contributed by atoms with Crippen LogP contribution in [0.15, 0.2) is 36.4 Å². The maximum absolute atomic E-state index is 10.8. The van der Waals surface area contributed by atoms with E-state index in [4.69, 9.17) is 28.4 Å². The highest BCUT2D eigenvalue weighted by Crippen LogP contribution is 2.42. The Morgan fingerprint density at radius 2 is 1.23 bits per heavy atom. The number of hydrogen-bond donors (Lipinski definition) is 9. The van der Waals surface area contributed by atoms with Crippen molar-refractivity contribution in [1.29, 1.82) is 0 Å². The van der Waals surface area contributed by atoms with E-state index in [0.29, 0.717) is 11.1 Å². The van der Waals surface area contributed by atoms with E-state index in [1.165, 1.54) is 50.6 Å². The molecule has 0 radical (unpaired) electrons. The van der Waals surface area contributed by atoms with Crippen LogP contribution < -0.4 is 9.47 Å². The fourth-order valence-corrected chi connectivity index (χ4v) is 5.08. The third-order valence-corrected chi connectivity index (χ3v) is 7.60. The molecule has 2 heterocycles. The number of aliphatic hydroxyl groups is 7. The van der Waals surface area contributed by atoms with E-state index in [1.807, 2.05) is 0 Å². The second-order valence-corrected chi connectivity index (χ2v) is 10.3. The summed E-state index contributed by atoms with van der Waals surface area (Å²) in [6.45, 7) is -1.59. The minimum atomic E-state index is -1.78. The van der Waals surface area contributed by atoms with Crippen molar-refractivity contribution >= 4 is 0 Å². The predicted octanol–water partition coefficient (Wildman–Crippen LogP) is -1.79. The maximum atomic E-state index is 10.8. The van der Waals surface area contributed by atoms with Crippen LogP contribution in [0.3, 0.4) is 0 Å². The van der Waals surface area contributed by atoms with Gasteiger partial charge in [-0.25, -0.2) is 0 Å². The Hall–Kier alpha value is -2.80. The number of aromatic hydroxyl groups is 2. The Labute approximate surface area is 246 Å². The SMILES string of the molecule is COc1cc(C(CO)C(O[C@@H]2O[C@H](CO[C@@H]3O[C@@H](CO)[C@H](O)[C@H]3O)[C@@H](O)[C@H](O)[C@H]2O)c2ccc(O)c(OC)c2)ccc1O. The number of ether oxygens (including phenoxy) is 6. The van der Waals surface area contributed by atoms with Crippen molar-refractivity contribution in [2.75, 3.05) is 34.0 Å². The van der Waals surface area contributed by atoms with Gasteiger partial charge in [0.05, 0.1) is 40.1 Å². The van der Waals surface area contributed by atoms with Crippen molar-refractivity contribution in [2.45, 2.75) is 67.3 Å². The van der Waals surface area contributed by atoms with Crippen LogP contribution in [0.1, 0.15) is 23.1 Å². The van der Waals surface area contributed by atoms with Crippen LogP contribution in [-0.4, -0.2) is 135 Å². The number of phenolic OH excluding ortho intramolecular Hbond substituents is 2. The lowest BCUT2D eigenvalue weighted by molar-refractivity contribution is -0.322. The van der Waals surface area contributed by atoms with E-state index in [1.54, 1.807) is 0 Å². The topological polar surface area (TPSA) is 237 Å². The molecule has 15 heteroatoms. The largest absolute Gasteiger partial charge is 0.504 e. The lowest BCUT2D eigenvalue weighted by Crippen LogP contribution is -2.60. The molecule has 0 bridgehead atoms. The van der Waals surface area contributed by atoms with E-state index in [2.05, 4.69) is 0 Å². The number of aliphatic hydroxyl groups excluding tert-OH is 7. The molecule has 240 valence electrons. The summed E-state index contributed by atoms with van der Waals surface area (Å²) in [5.41, 5.74) is 0.806. The Morgan fingerprint density at radius 3 is 1.79 bits per heavy atom. The van der Waals surface area contributed by atoms with Gasteiger partial charge in [-0.1, -0.05) is 12.1 Å². The van der Waals surface area contributed by atoms with Crippen LogP contribution in [0.4, 0.5) is 0 Å². The van der Waals surface area contributed by atoms with E-state index in [9.17, 15) is 46.0 Å². The molecule has 0 aliphatic carbocycles. The Bertz CT molecular complexity index is 1200. The standard InChI is InChI=1S/C28H38O15/c1-38-17-7-12(3-5-15(17)31)14(9-29)26(13-4-6-16(32)18(8-13)39-2)43-28-25(37)23(35)22(34)20(42-28)11-40-27-24(36)21(33)19(10-30)41-27/h3-8,14,19-37H,9-11H2,1-2H3/t14?,19-,20+,21-,22+,23-,24+,25+,26?,27+,28-/m0/s1. The highest BCUT2D eigenvalue weighted by molar-refractivity contribution is 5.46.